The number of hydrogen-bond acceptors (Lipinski definition) is 3. The Bertz CT molecular complexity index is 323. The van der Waals surface area contributed by atoms with Gasteiger partial charge in [-0.3, -0.25) is 0 Å². The monoisotopic (exact) mass is 332 g/mol. The third kappa shape index (κ3) is 6.32. The first kappa shape index (κ1) is 16.2. The van der Waals surface area contributed by atoms with Crippen LogP contribution < -0.4 is 5.32 Å². The molecule has 0 saturated heterocycles. The highest BCUT2D eigenvalue weighted by atomic mass is 79.9. The van der Waals surface area contributed by atoms with E-state index in [-0.39, 0.29) is 0 Å². The lowest BCUT2D eigenvalue weighted by Crippen LogP contribution is -2.28. The molecule has 1 heterocycles. The van der Waals surface area contributed by atoms with Gasteiger partial charge >= 0.3 is 0 Å². The lowest BCUT2D eigenvalue weighted by molar-refractivity contribution is 0.290. The predicted octanol–water partition coefficient (Wildman–Crippen LogP) is 4.11. The molecule has 0 aromatic carbocycles. The fraction of sp³-hybridized carbons (Fsp3) is 0.714. The molecule has 0 aliphatic carbocycles. The Labute approximate surface area is 124 Å². The first-order valence-electron chi connectivity index (χ1n) is 6.84. The van der Waals surface area contributed by atoms with Crippen molar-refractivity contribution in [2.75, 3.05) is 19.6 Å². The van der Waals surface area contributed by atoms with Crippen molar-refractivity contribution >= 4 is 27.3 Å². The van der Waals surface area contributed by atoms with E-state index < -0.39 is 0 Å². The van der Waals surface area contributed by atoms with Crippen LogP contribution in [0.1, 0.15) is 38.5 Å². The molecule has 0 radical (unpaired) electrons. The average Bonchev–Trinajstić information content (AvgIpc) is 2.78. The molecule has 18 heavy (non-hydrogen) atoms. The van der Waals surface area contributed by atoms with Gasteiger partial charge in [0.05, 0.1) is 0 Å². The highest BCUT2D eigenvalue weighted by molar-refractivity contribution is 9.10. The van der Waals surface area contributed by atoms with Gasteiger partial charge in [-0.2, -0.15) is 0 Å². The molecule has 1 aromatic rings. The maximum atomic E-state index is 3.59. The summed E-state index contributed by atoms with van der Waals surface area (Å²) >= 11 is 5.30. The zero-order chi connectivity index (χ0) is 13.4. The molecule has 0 saturated carbocycles. The maximum Gasteiger partial charge on any atom is 0.0302 e. The van der Waals surface area contributed by atoms with Crippen LogP contribution in [0, 0.1) is 0 Å². The lowest BCUT2D eigenvalue weighted by Gasteiger charge is -2.19. The Kier molecular flexibility index (Phi) is 8.15. The molecule has 0 aliphatic heterocycles. The van der Waals surface area contributed by atoms with Gasteiger partial charge in [-0.05, 0) is 61.4 Å². The van der Waals surface area contributed by atoms with Crippen molar-refractivity contribution in [1.82, 2.24) is 10.2 Å². The summed E-state index contributed by atoms with van der Waals surface area (Å²) in [6.07, 6.45) is 2.53. The van der Waals surface area contributed by atoms with E-state index in [1.54, 1.807) is 0 Å². The van der Waals surface area contributed by atoms with Crippen molar-refractivity contribution in [3.63, 3.8) is 0 Å². The van der Waals surface area contributed by atoms with E-state index in [9.17, 15) is 0 Å². The van der Waals surface area contributed by atoms with Crippen molar-refractivity contribution in [2.45, 2.75) is 46.2 Å². The van der Waals surface area contributed by atoms with Crippen LogP contribution in [0.2, 0.25) is 0 Å². The minimum atomic E-state index is 0.599. The van der Waals surface area contributed by atoms with Crippen LogP contribution in [-0.2, 0) is 6.54 Å². The molecule has 1 N–H and O–H groups in total. The molecular formula is C14H25BrN2S. The molecular weight excluding hydrogens is 308 g/mol. The molecule has 1 atom stereocenters. The molecule has 0 spiro atoms. The fourth-order valence-electron chi connectivity index (χ4n) is 1.98. The van der Waals surface area contributed by atoms with Gasteiger partial charge in [-0.25, -0.2) is 0 Å². The minimum Gasteiger partial charge on any atom is -0.309 e. The van der Waals surface area contributed by atoms with E-state index >= 15 is 0 Å². The van der Waals surface area contributed by atoms with Crippen molar-refractivity contribution in [1.29, 1.82) is 0 Å². The number of halogens is 1. The van der Waals surface area contributed by atoms with Crippen molar-refractivity contribution < 1.29 is 0 Å². The molecule has 0 bridgehead atoms. The van der Waals surface area contributed by atoms with E-state index in [1.165, 1.54) is 41.8 Å². The third-order valence-corrected chi connectivity index (χ3v) is 4.95. The molecule has 0 unspecified atom stereocenters. The highest BCUT2D eigenvalue weighted by Gasteiger charge is 2.04. The van der Waals surface area contributed by atoms with E-state index in [4.69, 9.17) is 0 Å². The number of nitrogens with zero attached hydrogens (tertiary/aromatic N) is 1. The Morgan fingerprint density at radius 3 is 2.67 bits per heavy atom. The van der Waals surface area contributed by atoms with Gasteiger partial charge in [0.25, 0.3) is 0 Å². The molecule has 0 fully saturated rings. The second-order valence-electron chi connectivity index (χ2n) is 4.68. The van der Waals surface area contributed by atoms with Crippen LogP contribution in [0.3, 0.4) is 0 Å². The molecule has 1 rings (SSSR count). The summed E-state index contributed by atoms with van der Waals surface area (Å²) in [6, 6.07) is 2.79. The van der Waals surface area contributed by atoms with Crippen LogP contribution in [0.4, 0.5) is 0 Å². The minimum absolute atomic E-state index is 0.599. The topological polar surface area (TPSA) is 15.3 Å². The van der Waals surface area contributed by atoms with E-state index in [1.807, 2.05) is 11.3 Å². The summed E-state index contributed by atoms with van der Waals surface area (Å²) in [6.45, 7) is 11.3. The Hall–Kier alpha value is 0.1000. The molecule has 4 heteroatoms. The van der Waals surface area contributed by atoms with E-state index in [0.717, 1.165) is 6.54 Å². The summed E-state index contributed by atoms with van der Waals surface area (Å²) in [4.78, 5) is 3.89. The second-order valence-corrected chi connectivity index (χ2v) is 6.59. The zero-order valence-corrected chi connectivity index (χ0v) is 14.1. The van der Waals surface area contributed by atoms with Crippen molar-refractivity contribution in [3.8, 4) is 0 Å². The summed E-state index contributed by atoms with van der Waals surface area (Å²) in [5, 5.41) is 5.73. The van der Waals surface area contributed by atoms with Crippen LogP contribution in [0.5, 0.6) is 0 Å². The normalized spacial score (nSPS) is 13.2. The summed E-state index contributed by atoms with van der Waals surface area (Å²) in [5.74, 6) is 0. The number of hydrogen-bond donors (Lipinski definition) is 1. The quantitative estimate of drug-likeness (QED) is 0.732. The van der Waals surface area contributed by atoms with Crippen LogP contribution >= 0.6 is 27.3 Å². The van der Waals surface area contributed by atoms with Crippen molar-refractivity contribution in [2.24, 2.45) is 0 Å². The molecule has 2 nitrogen and oxygen atoms in total. The number of nitrogens with one attached hydrogen (secondary N) is 1. The van der Waals surface area contributed by atoms with E-state index in [0.29, 0.717) is 6.04 Å². The van der Waals surface area contributed by atoms with Gasteiger partial charge in [0, 0.05) is 27.3 Å². The summed E-state index contributed by atoms with van der Waals surface area (Å²) < 4.78 is 1.19. The molecule has 1 aromatic heterocycles. The van der Waals surface area contributed by atoms with Crippen LogP contribution in [0.15, 0.2) is 15.9 Å². The summed E-state index contributed by atoms with van der Waals surface area (Å²) in [5.41, 5.74) is 0. The van der Waals surface area contributed by atoms with Crippen LogP contribution in [0.25, 0.3) is 0 Å². The van der Waals surface area contributed by atoms with E-state index in [2.05, 4.69) is 58.4 Å². The largest absolute Gasteiger partial charge is 0.309 e. The highest BCUT2D eigenvalue weighted by Crippen LogP contribution is 2.19. The molecule has 0 aliphatic rings. The van der Waals surface area contributed by atoms with Gasteiger partial charge in [-0.1, -0.05) is 13.8 Å². The average molecular weight is 333 g/mol. The Morgan fingerprint density at radius 2 is 2.11 bits per heavy atom. The standard InChI is InChI=1S/C14H25BrN2S/c1-4-17(5-2)8-6-7-12(3)16-10-14-9-13(15)11-18-14/h9,11-12,16H,4-8,10H2,1-3H3/t12-/m0/s1. The van der Waals surface area contributed by atoms with Crippen LogP contribution in [-0.4, -0.2) is 30.6 Å². The SMILES string of the molecule is CCN(CC)CCC[C@H](C)NCc1cc(Br)cs1. The number of thiophene rings is 1. The van der Waals surface area contributed by atoms with Gasteiger partial charge in [0.1, 0.15) is 0 Å². The smallest absolute Gasteiger partial charge is 0.0302 e. The maximum absolute atomic E-state index is 3.59. The van der Waals surface area contributed by atoms with Gasteiger partial charge in [0.15, 0.2) is 0 Å². The zero-order valence-electron chi connectivity index (χ0n) is 11.7. The van der Waals surface area contributed by atoms with Gasteiger partial charge in [-0.15, -0.1) is 11.3 Å². The number of rotatable bonds is 9. The fourth-order valence-corrected chi connectivity index (χ4v) is 3.39. The molecule has 104 valence electrons. The Morgan fingerprint density at radius 1 is 1.39 bits per heavy atom. The van der Waals surface area contributed by atoms with Gasteiger partial charge in [0.2, 0.25) is 0 Å². The lowest BCUT2D eigenvalue weighted by atomic mass is 10.1. The Balaban J connectivity index is 2.12. The second kappa shape index (κ2) is 9.08. The first-order valence-corrected chi connectivity index (χ1v) is 8.51. The van der Waals surface area contributed by atoms with Crippen molar-refractivity contribution in [3.05, 3.63) is 20.8 Å². The molecule has 0 amide bonds. The summed E-state index contributed by atoms with van der Waals surface area (Å²) in [7, 11) is 0. The third-order valence-electron chi connectivity index (χ3n) is 3.25. The van der Waals surface area contributed by atoms with Gasteiger partial charge < -0.3 is 10.2 Å². The first-order chi connectivity index (χ1) is 8.65. The predicted molar refractivity (Wildman–Crippen MR) is 85.3 cm³/mol.